The summed E-state index contributed by atoms with van der Waals surface area (Å²) >= 11 is 0. The highest BCUT2D eigenvalue weighted by Gasteiger charge is 2.23. The van der Waals surface area contributed by atoms with Crippen LogP contribution in [0.15, 0.2) is 54.7 Å². The van der Waals surface area contributed by atoms with Gasteiger partial charge in [-0.3, -0.25) is 9.78 Å². The van der Waals surface area contributed by atoms with Crippen LogP contribution in [0.4, 0.5) is 5.82 Å². The summed E-state index contributed by atoms with van der Waals surface area (Å²) in [6, 6.07) is 15.0. The van der Waals surface area contributed by atoms with Gasteiger partial charge in [0.25, 0.3) is 5.91 Å². The number of pyridine rings is 1. The molecular weight excluding hydrogens is 370 g/mol. The minimum absolute atomic E-state index is 0.0329. The number of hydrogen-bond acceptors (Lipinski definition) is 7. The second-order valence-electron chi connectivity index (χ2n) is 6.84. The van der Waals surface area contributed by atoms with Crippen LogP contribution in [0.2, 0.25) is 0 Å². The van der Waals surface area contributed by atoms with E-state index in [-0.39, 0.29) is 12.7 Å². The Hall–Kier alpha value is -3.68. The van der Waals surface area contributed by atoms with Crippen LogP contribution in [0.3, 0.4) is 0 Å². The van der Waals surface area contributed by atoms with Gasteiger partial charge in [0.05, 0.1) is 5.69 Å². The van der Waals surface area contributed by atoms with Crippen molar-refractivity contribution in [3.05, 3.63) is 60.4 Å². The Morgan fingerprint density at radius 1 is 0.897 bits per heavy atom. The largest absolute Gasteiger partial charge is 0.454 e. The molecule has 0 aliphatic carbocycles. The number of anilines is 1. The molecule has 146 valence electrons. The number of benzene rings is 1. The molecule has 3 aromatic rings. The standard InChI is InChI=1S/C21H19N5O3/c27-21(17-3-1-2-8-22-17)26-11-9-25(10-12-26)20-7-5-16(23-24-20)15-4-6-18-19(13-15)29-14-28-18/h1-8,13H,9-12,14H2. The van der Waals surface area contributed by atoms with Crippen LogP contribution in [0, 0.1) is 0 Å². The van der Waals surface area contributed by atoms with Crippen LogP contribution in [0.5, 0.6) is 11.5 Å². The molecule has 1 aromatic carbocycles. The number of aromatic nitrogens is 3. The zero-order valence-electron chi connectivity index (χ0n) is 15.7. The molecular formula is C21H19N5O3. The molecule has 0 spiro atoms. The number of rotatable bonds is 3. The van der Waals surface area contributed by atoms with E-state index in [9.17, 15) is 4.79 Å². The third-order valence-electron chi connectivity index (χ3n) is 5.09. The van der Waals surface area contributed by atoms with Gasteiger partial charge in [-0.1, -0.05) is 6.07 Å². The van der Waals surface area contributed by atoms with Gasteiger partial charge in [0, 0.05) is 37.9 Å². The van der Waals surface area contributed by atoms with E-state index >= 15 is 0 Å². The van der Waals surface area contributed by atoms with Gasteiger partial charge in [-0.25, -0.2) is 0 Å². The fourth-order valence-corrected chi connectivity index (χ4v) is 3.49. The molecule has 0 bridgehead atoms. The van der Waals surface area contributed by atoms with Gasteiger partial charge in [0.15, 0.2) is 17.3 Å². The van der Waals surface area contributed by atoms with Crippen molar-refractivity contribution in [3.8, 4) is 22.8 Å². The fraction of sp³-hybridized carbons (Fsp3) is 0.238. The lowest BCUT2D eigenvalue weighted by atomic mass is 10.1. The molecule has 1 fully saturated rings. The van der Waals surface area contributed by atoms with Gasteiger partial charge < -0.3 is 19.3 Å². The van der Waals surface area contributed by atoms with E-state index in [0.717, 1.165) is 28.6 Å². The molecule has 5 rings (SSSR count). The molecule has 0 unspecified atom stereocenters. The minimum atomic E-state index is -0.0329. The van der Waals surface area contributed by atoms with E-state index in [1.807, 2.05) is 41.3 Å². The Balaban J connectivity index is 1.24. The van der Waals surface area contributed by atoms with Gasteiger partial charge in [0.2, 0.25) is 6.79 Å². The van der Waals surface area contributed by atoms with Crippen molar-refractivity contribution in [2.75, 3.05) is 37.9 Å². The van der Waals surface area contributed by atoms with Crippen LogP contribution in [-0.2, 0) is 0 Å². The summed E-state index contributed by atoms with van der Waals surface area (Å²) in [5.74, 6) is 2.24. The summed E-state index contributed by atoms with van der Waals surface area (Å²) in [5, 5.41) is 8.76. The minimum Gasteiger partial charge on any atom is -0.454 e. The number of carbonyl (C=O) groups excluding carboxylic acids is 1. The summed E-state index contributed by atoms with van der Waals surface area (Å²) in [7, 11) is 0. The summed E-state index contributed by atoms with van der Waals surface area (Å²) in [5.41, 5.74) is 2.18. The molecule has 0 N–H and O–H groups in total. The van der Waals surface area contributed by atoms with E-state index in [0.29, 0.717) is 31.9 Å². The molecule has 0 atom stereocenters. The highest BCUT2D eigenvalue weighted by molar-refractivity contribution is 5.92. The summed E-state index contributed by atoms with van der Waals surface area (Å²) in [6.45, 7) is 2.91. The second kappa shape index (κ2) is 7.38. The lowest BCUT2D eigenvalue weighted by Crippen LogP contribution is -2.49. The molecule has 2 aromatic heterocycles. The van der Waals surface area contributed by atoms with Crippen LogP contribution in [-0.4, -0.2) is 59.0 Å². The Morgan fingerprint density at radius 3 is 2.52 bits per heavy atom. The normalized spacial score (nSPS) is 15.4. The quantitative estimate of drug-likeness (QED) is 0.679. The number of hydrogen-bond donors (Lipinski definition) is 0. The van der Waals surface area contributed by atoms with Crippen molar-refractivity contribution < 1.29 is 14.3 Å². The fourth-order valence-electron chi connectivity index (χ4n) is 3.49. The van der Waals surface area contributed by atoms with Crippen LogP contribution in [0.25, 0.3) is 11.3 Å². The molecule has 0 saturated carbocycles. The van der Waals surface area contributed by atoms with Crippen molar-refractivity contribution in [1.29, 1.82) is 0 Å². The van der Waals surface area contributed by atoms with Crippen molar-refractivity contribution in [2.45, 2.75) is 0 Å². The van der Waals surface area contributed by atoms with Crippen LogP contribution >= 0.6 is 0 Å². The van der Waals surface area contributed by atoms with E-state index in [1.54, 1.807) is 18.3 Å². The Kier molecular flexibility index (Phi) is 4.44. The number of fused-ring (bicyclic) bond motifs is 1. The molecule has 29 heavy (non-hydrogen) atoms. The molecule has 2 aliphatic heterocycles. The molecule has 1 amide bonds. The zero-order chi connectivity index (χ0) is 19.6. The SMILES string of the molecule is O=C(c1ccccn1)N1CCN(c2ccc(-c3ccc4c(c3)OCO4)nn2)CC1. The third-order valence-corrected chi connectivity index (χ3v) is 5.09. The maximum absolute atomic E-state index is 12.5. The summed E-state index contributed by atoms with van der Waals surface area (Å²) < 4.78 is 10.8. The van der Waals surface area contributed by atoms with Gasteiger partial charge in [0.1, 0.15) is 5.69 Å². The number of carbonyl (C=O) groups is 1. The van der Waals surface area contributed by atoms with Crippen molar-refractivity contribution in [3.63, 3.8) is 0 Å². The predicted molar refractivity (Wildman–Crippen MR) is 106 cm³/mol. The smallest absolute Gasteiger partial charge is 0.272 e. The highest BCUT2D eigenvalue weighted by atomic mass is 16.7. The average Bonchev–Trinajstić information content (AvgIpc) is 3.27. The first-order valence-corrected chi connectivity index (χ1v) is 9.47. The van der Waals surface area contributed by atoms with Gasteiger partial charge in [-0.2, -0.15) is 0 Å². The van der Waals surface area contributed by atoms with E-state index in [4.69, 9.17) is 9.47 Å². The number of ether oxygens (including phenoxy) is 2. The first-order chi connectivity index (χ1) is 14.3. The van der Waals surface area contributed by atoms with Gasteiger partial charge in [-0.15, -0.1) is 10.2 Å². The molecule has 0 radical (unpaired) electrons. The predicted octanol–water partition coefficient (Wildman–Crippen LogP) is 2.23. The molecule has 4 heterocycles. The van der Waals surface area contributed by atoms with Crippen molar-refractivity contribution in [2.24, 2.45) is 0 Å². The molecule has 8 nitrogen and oxygen atoms in total. The molecule has 1 saturated heterocycles. The first-order valence-electron chi connectivity index (χ1n) is 9.47. The monoisotopic (exact) mass is 389 g/mol. The topological polar surface area (TPSA) is 80.7 Å². The first kappa shape index (κ1) is 17.4. The maximum Gasteiger partial charge on any atom is 0.272 e. The highest BCUT2D eigenvalue weighted by Crippen LogP contribution is 2.35. The van der Waals surface area contributed by atoms with Crippen molar-refractivity contribution in [1.82, 2.24) is 20.1 Å². The number of amides is 1. The van der Waals surface area contributed by atoms with E-state index in [2.05, 4.69) is 20.1 Å². The average molecular weight is 389 g/mol. The molecule has 8 heteroatoms. The lowest BCUT2D eigenvalue weighted by Gasteiger charge is -2.35. The molecule has 2 aliphatic rings. The van der Waals surface area contributed by atoms with Crippen molar-refractivity contribution >= 4 is 11.7 Å². The van der Waals surface area contributed by atoms with Gasteiger partial charge in [-0.05, 0) is 42.5 Å². The summed E-state index contributed by atoms with van der Waals surface area (Å²) in [6.07, 6.45) is 1.64. The number of piperazine rings is 1. The van der Waals surface area contributed by atoms with Crippen LogP contribution < -0.4 is 14.4 Å². The maximum atomic E-state index is 12.5. The lowest BCUT2D eigenvalue weighted by molar-refractivity contribution is 0.0740. The second-order valence-corrected chi connectivity index (χ2v) is 6.84. The summed E-state index contributed by atoms with van der Waals surface area (Å²) in [4.78, 5) is 20.6. The zero-order valence-corrected chi connectivity index (χ0v) is 15.7. The third kappa shape index (κ3) is 3.44. The van der Waals surface area contributed by atoms with E-state index in [1.165, 1.54) is 0 Å². The Bertz CT molecular complexity index is 1020. The Morgan fingerprint density at radius 2 is 1.76 bits per heavy atom. The Labute approximate surface area is 167 Å². The van der Waals surface area contributed by atoms with Gasteiger partial charge >= 0.3 is 0 Å². The van der Waals surface area contributed by atoms with E-state index < -0.39 is 0 Å². The number of nitrogens with zero attached hydrogens (tertiary/aromatic N) is 5. The van der Waals surface area contributed by atoms with Crippen LogP contribution in [0.1, 0.15) is 10.5 Å².